The number of ether oxygens (including phenoxy) is 1. The summed E-state index contributed by atoms with van der Waals surface area (Å²) < 4.78 is 6.92. The van der Waals surface area contributed by atoms with E-state index in [2.05, 4.69) is 15.0 Å². The van der Waals surface area contributed by atoms with Gasteiger partial charge < -0.3 is 14.4 Å². The number of hydrogen-bond acceptors (Lipinski definition) is 5. The molecule has 1 atom stereocenters. The molecule has 17 heavy (non-hydrogen) atoms. The van der Waals surface area contributed by atoms with Crippen LogP contribution in [0.3, 0.4) is 0 Å². The van der Waals surface area contributed by atoms with E-state index in [1.165, 1.54) is 19.5 Å². The Labute approximate surface area is 98.9 Å². The van der Waals surface area contributed by atoms with Gasteiger partial charge in [-0.3, -0.25) is 4.98 Å². The highest BCUT2D eigenvalue weighted by Crippen LogP contribution is 2.25. The fourth-order valence-electron chi connectivity index (χ4n) is 1.64. The molecule has 0 spiro atoms. The maximum atomic E-state index is 10.3. The number of aliphatic hydroxyl groups is 1. The zero-order chi connectivity index (χ0) is 12.3. The van der Waals surface area contributed by atoms with Crippen molar-refractivity contribution >= 4 is 0 Å². The molecule has 0 saturated carbocycles. The van der Waals surface area contributed by atoms with Crippen LogP contribution in [0.4, 0.5) is 0 Å². The molecule has 1 unspecified atom stereocenters. The van der Waals surface area contributed by atoms with E-state index in [9.17, 15) is 5.11 Å². The SMILES string of the molecule is CCn1cncc1C(O)c1nccnc1OC. The molecular formula is C11H14N4O2. The molecule has 0 aliphatic rings. The molecule has 0 saturated heterocycles. The van der Waals surface area contributed by atoms with Crippen LogP contribution in [0.5, 0.6) is 5.88 Å². The Bertz CT molecular complexity index is 498. The molecule has 2 aromatic rings. The Morgan fingerprint density at radius 1 is 1.41 bits per heavy atom. The van der Waals surface area contributed by atoms with Crippen molar-refractivity contribution < 1.29 is 9.84 Å². The average Bonchev–Trinajstić information content (AvgIpc) is 2.86. The Morgan fingerprint density at radius 2 is 2.18 bits per heavy atom. The number of aromatic nitrogens is 4. The molecule has 2 aromatic heterocycles. The van der Waals surface area contributed by atoms with Crippen LogP contribution < -0.4 is 4.74 Å². The lowest BCUT2D eigenvalue weighted by Crippen LogP contribution is -2.10. The number of aryl methyl sites for hydroxylation is 1. The van der Waals surface area contributed by atoms with E-state index in [4.69, 9.17) is 4.74 Å². The zero-order valence-corrected chi connectivity index (χ0v) is 9.74. The highest BCUT2D eigenvalue weighted by Gasteiger charge is 2.20. The van der Waals surface area contributed by atoms with E-state index < -0.39 is 6.10 Å². The van der Waals surface area contributed by atoms with Gasteiger partial charge in [-0.1, -0.05) is 0 Å². The molecule has 2 heterocycles. The molecule has 0 aromatic carbocycles. The molecule has 0 amide bonds. The molecule has 0 aliphatic carbocycles. The quantitative estimate of drug-likeness (QED) is 0.846. The summed E-state index contributed by atoms with van der Waals surface area (Å²) in [4.78, 5) is 12.1. The maximum Gasteiger partial charge on any atom is 0.238 e. The van der Waals surface area contributed by atoms with E-state index in [1.807, 2.05) is 11.5 Å². The number of rotatable bonds is 4. The normalized spacial score (nSPS) is 12.4. The predicted octanol–water partition coefficient (Wildman–Crippen LogP) is 0.783. The van der Waals surface area contributed by atoms with Gasteiger partial charge in [-0.15, -0.1) is 0 Å². The van der Waals surface area contributed by atoms with Crippen LogP contribution in [0.1, 0.15) is 24.4 Å². The third kappa shape index (κ3) is 2.12. The monoisotopic (exact) mass is 234 g/mol. The van der Waals surface area contributed by atoms with Gasteiger partial charge in [-0.25, -0.2) is 9.97 Å². The first-order valence-corrected chi connectivity index (χ1v) is 5.31. The second-order valence-corrected chi connectivity index (χ2v) is 3.46. The van der Waals surface area contributed by atoms with Crippen LogP contribution in [-0.4, -0.2) is 31.7 Å². The van der Waals surface area contributed by atoms with Gasteiger partial charge in [0.1, 0.15) is 11.8 Å². The van der Waals surface area contributed by atoms with Crippen LogP contribution in [0.15, 0.2) is 24.9 Å². The third-order valence-corrected chi connectivity index (χ3v) is 2.51. The third-order valence-electron chi connectivity index (χ3n) is 2.51. The molecule has 1 N–H and O–H groups in total. The molecule has 2 rings (SSSR count). The summed E-state index contributed by atoms with van der Waals surface area (Å²) in [6, 6.07) is 0. The Kier molecular flexibility index (Phi) is 3.34. The lowest BCUT2D eigenvalue weighted by molar-refractivity contribution is 0.198. The number of nitrogens with zero attached hydrogens (tertiary/aromatic N) is 4. The smallest absolute Gasteiger partial charge is 0.238 e. The average molecular weight is 234 g/mol. The van der Waals surface area contributed by atoms with Gasteiger partial charge in [0.25, 0.3) is 0 Å². The summed E-state index contributed by atoms with van der Waals surface area (Å²) >= 11 is 0. The van der Waals surface area contributed by atoms with Crippen molar-refractivity contribution in [3.8, 4) is 5.88 Å². The van der Waals surface area contributed by atoms with Crippen molar-refractivity contribution in [3.63, 3.8) is 0 Å². The van der Waals surface area contributed by atoms with Gasteiger partial charge >= 0.3 is 0 Å². The molecule has 0 aliphatic heterocycles. The van der Waals surface area contributed by atoms with Crippen LogP contribution in [0.25, 0.3) is 0 Å². The number of hydrogen-bond donors (Lipinski definition) is 1. The first-order valence-electron chi connectivity index (χ1n) is 5.31. The van der Waals surface area contributed by atoms with Gasteiger partial charge in [0.05, 0.1) is 25.3 Å². The summed E-state index contributed by atoms with van der Waals surface area (Å²) in [5, 5.41) is 10.3. The fourth-order valence-corrected chi connectivity index (χ4v) is 1.64. The number of imidazole rings is 1. The van der Waals surface area contributed by atoms with Gasteiger partial charge in [0.15, 0.2) is 0 Å². The van der Waals surface area contributed by atoms with E-state index in [0.29, 0.717) is 17.3 Å². The molecule has 0 bridgehead atoms. The van der Waals surface area contributed by atoms with Crippen molar-refractivity contribution in [1.29, 1.82) is 0 Å². The minimum atomic E-state index is -0.888. The number of methoxy groups -OCH3 is 1. The van der Waals surface area contributed by atoms with Crippen molar-refractivity contribution in [2.24, 2.45) is 0 Å². The van der Waals surface area contributed by atoms with Gasteiger partial charge in [-0.2, -0.15) is 0 Å². The predicted molar refractivity (Wildman–Crippen MR) is 60.5 cm³/mol. The minimum absolute atomic E-state index is 0.323. The van der Waals surface area contributed by atoms with Gasteiger partial charge in [0.2, 0.25) is 5.88 Å². The molecule has 6 nitrogen and oxygen atoms in total. The standard InChI is InChI=1S/C11H14N4O2/c1-3-15-7-12-6-8(15)10(16)9-11(17-2)14-5-4-13-9/h4-7,10,16H,3H2,1-2H3. The second kappa shape index (κ2) is 4.92. The number of aliphatic hydroxyl groups excluding tert-OH is 1. The van der Waals surface area contributed by atoms with Crippen molar-refractivity contribution in [2.45, 2.75) is 19.6 Å². The largest absolute Gasteiger partial charge is 0.480 e. The molecule has 90 valence electrons. The summed E-state index contributed by atoms with van der Waals surface area (Å²) in [5.74, 6) is 0.323. The first kappa shape index (κ1) is 11.5. The van der Waals surface area contributed by atoms with Crippen LogP contribution >= 0.6 is 0 Å². The van der Waals surface area contributed by atoms with E-state index in [0.717, 1.165) is 6.54 Å². The molecule has 0 fully saturated rings. The highest BCUT2D eigenvalue weighted by atomic mass is 16.5. The lowest BCUT2D eigenvalue weighted by atomic mass is 10.2. The Balaban J connectivity index is 2.40. The van der Waals surface area contributed by atoms with Crippen LogP contribution in [0, 0.1) is 0 Å². The summed E-state index contributed by atoms with van der Waals surface area (Å²) in [6.07, 6.45) is 5.44. The van der Waals surface area contributed by atoms with E-state index >= 15 is 0 Å². The fraction of sp³-hybridized carbons (Fsp3) is 0.364. The molecule has 6 heteroatoms. The van der Waals surface area contributed by atoms with E-state index in [-0.39, 0.29) is 0 Å². The van der Waals surface area contributed by atoms with Crippen LogP contribution in [0.2, 0.25) is 0 Å². The van der Waals surface area contributed by atoms with E-state index in [1.54, 1.807) is 12.5 Å². The van der Waals surface area contributed by atoms with Gasteiger partial charge in [-0.05, 0) is 6.92 Å². The lowest BCUT2D eigenvalue weighted by Gasteiger charge is -2.13. The Hall–Kier alpha value is -1.95. The second-order valence-electron chi connectivity index (χ2n) is 3.46. The zero-order valence-electron chi connectivity index (χ0n) is 9.74. The molecule has 0 radical (unpaired) electrons. The topological polar surface area (TPSA) is 73.1 Å². The minimum Gasteiger partial charge on any atom is -0.480 e. The summed E-state index contributed by atoms with van der Waals surface area (Å²) in [7, 11) is 1.50. The van der Waals surface area contributed by atoms with Crippen LogP contribution in [-0.2, 0) is 6.54 Å². The summed E-state index contributed by atoms with van der Waals surface area (Å²) in [5.41, 5.74) is 1.07. The van der Waals surface area contributed by atoms with Gasteiger partial charge in [0, 0.05) is 18.9 Å². The first-order chi connectivity index (χ1) is 8.27. The maximum absolute atomic E-state index is 10.3. The van der Waals surface area contributed by atoms with Crippen molar-refractivity contribution in [2.75, 3.05) is 7.11 Å². The van der Waals surface area contributed by atoms with Crippen molar-refractivity contribution in [1.82, 2.24) is 19.5 Å². The summed E-state index contributed by atoms with van der Waals surface area (Å²) in [6.45, 7) is 2.71. The highest BCUT2D eigenvalue weighted by molar-refractivity contribution is 5.26. The van der Waals surface area contributed by atoms with Crippen molar-refractivity contribution in [3.05, 3.63) is 36.3 Å². The molecular weight excluding hydrogens is 220 g/mol. The Morgan fingerprint density at radius 3 is 2.88 bits per heavy atom.